The highest BCUT2D eigenvalue weighted by atomic mass is 35.5. The molecule has 0 bridgehead atoms. The molecule has 0 radical (unpaired) electrons. The zero-order valence-corrected chi connectivity index (χ0v) is 17.7. The number of anilines is 1. The molecule has 0 saturated carbocycles. The molecule has 146 valence electrons. The predicted molar refractivity (Wildman–Crippen MR) is 110 cm³/mol. The van der Waals surface area contributed by atoms with E-state index in [0.717, 1.165) is 17.5 Å². The second kappa shape index (κ2) is 7.87. The number of nitrogens with zero attached hydrogens (tertiary/aromatic N) is 1. The van der Waals surface area contributed by atoms with Gasteiger partial charge in [-0.1, -0.05) is 29.8 Å². The summed E-state index contributed by atoms with van der Waals surface area (Å²) in [5.41, 5.74) is 1.95. The number of rotatable bonds is 5. The number of hydrogen-bond acceptors (Lipinski definition) is 4. The fourth-order valence-corrected chi connectivity index (χ4v) is 5.52. The van der Waals surface area contributed by atoms with Crippen molar-refractivity contribution in [3.8, 4) is 5.75 Å². The van der Waals surface area contributed by atoms with Gasteiger partial charge >= 0.3 is 0 Å². The van der Waals surface area contributed by atoms with Gasteiger partial charge in [-0.15, -0.1) is 11.6 Å². The summed E-state index contributed by atoms with van der Waals surface area (Å²) in [6, 6.07) is 9.94. The summed E-state index contributed by atoms with van der Waals surface area (Å²) in [5, 5.41) is -0.0479. The van der Waals surface area contributed by atoms with Crippen molar-refractivity contribution in [3.05, 3.63) is 52.5 Å². The molecule has 0 aromatic heterocycles. The second-order valence-corrected chi connectivity index (χ2v) is 9.28. The first kappa shape index (κ1) is 20.3. The summed E-state index contributed by atoms with van der Waals surface area (Å²) >= 11 is 13.2. The third kappa shape index (κ3) is 3.90. The Morgan fingerprint density at radius 1 is 1.22 bits per heavy atom. The lowest BCUT2D eigenvalue weighted by Crippen LogP contribution is -2.36. The van der Waals surface area contributed by atoms with Gasteiger partial charge in [-0.3, -0.25) is 4.72 Å². The minimum Gasteiger partial charge on any atom is -0.496 e. The van der Waals surface area contributed by atoms with E-state index in [1.165, 1.54) is 0 Å². The molecule has 2 atom stereocenters. The Morgan fingerprint density at radius 3 is 2.48 bits per heavy atom. The minimum absolute atomic E-state index is 0.118. The summed E-state index contributed by atoms with van der Waals surface area (Å²) in [5.74, 6) is 0.573. The normalized spacial score (nSPS) is 19.6. The molecule has 0 aliphatic heterocycles. The van der Waals surface area contributed by atoms with Gasteiger partial charge in [-0.2, -0.15) is 0 Å². The van der Waals surface area contributed by atoms with E-state index in [4.69, 9.17) is 27.9 Å². The number of benzene rings is 2. The summed E-state index contributed by atoms with van der Waals surface area (Å²) in [7, 11) is 1.75. The third-order valence-corrected chi connectivity index (χ3v) is 7.04. The number of sulfonamides is 1. The summed E-state index contributed by atoms with van der Waals surface area (Å²) in [6.45, 7) is 0. The smallest absolute Gasteiger partial charge is 0.261 e. The Bertz CT molecular complexity index is 934. The van der Waals surface area contributed by atoms with Gasteiger partial charge in [0.2, 0.25) is 0 Å². The van der Waals surface area contributed by atoms with Crippen molar-refractivity contribution < 1.29 is 13.2 Å². The monoisotopic (exact) mass is 428 g/mol. The third-order valence-electron chi connectivity index (χ3n) is 4.87. The van der Waals surface area contributed by atoms with Gasteiger partial charge in [-0.05, 0) is 44.6 Å². The largest absolute Gasteiger partial charge is 0.496 e. The van der Waals surface area contributed by atoms with E-state index in [2.05, 4.69) is 9.62 Å². The maximum absolute atomic E-state index is 12.8. The topological polar surface area (TPSA) is 58.6 Å². The molecule has 0 amide bonds. The molecule has 0 spiro atoms. The van der Waals surface area contributed by atoms with Crippen LogP contribution < -0.4 is 9.46 Å². The molecule has 0 saturated heterocycles. The standard InChI is InChI=1S/C19H22Cl2N2O3S/c1-23(2)15-10-9-13-17(18(15)21)16(26-3)11-14(20)19(13)22-27(24,25)12-7-5-4-6-8-12/h4-8,11,15,18,22H,9-10H2,1-3H3/t15-,18?/m0/s1. The van der Waals surface area contributed by atoms with E-state index in [-0.39, 0.29) is 21.3 Å². The molecular formula is C19H22Cl2N2O3S. The molecule has 27 heavy (non-hydrogen) atoms. The first-order valence-corrected chi connectivity index (χ1v) is 10.8. The molecule has 0 fully saturated rings. The fourth-order valence-electron chi connectivity index (χ4n) is 3.48. The molecule has 1 aliphatic rings. The van der Waals surface area contributed by atoms with E-state index in [0.29, 0.717) is 17.9 Å². The zero-order valence-electron chi connectivity index (χ0n) is 15.4. The Balaban J connectivity index is 2.10. The van der Waals surface area contributed by atoms with Crippen LogP contribution in [-0.4, -0.2) is 40.6 Å². The first-order valence-electron chi connectivity index (χ1n) is 8.54. The Labute approximate surface area is 170 Å². The average Bonchev–Trinajstić information content (AvgIpc) is 2.64. The van der Waals surface area contributed by atoms with Crippen LogP contribution in [0.15, 0.2) is 41.3 Å². The molecule has 2 aromatic rings. The van der Waals surface area contributed by atoms with Crippen LogP contribution in [0, 0.1) is 0 Å². The number of nitrogens with one attached hydrogen (secondary N) is 1. The molecular weight excluding hydrogens is 407 g/mol. The maximum atomic E-state index is 12.8. The Hall–Kier alpha value is -1.47. The van der Waals surface area contributed by atoms with Gasteiger partial charge in [0.05, 0.1) is 28.1 Å². The van der Waals surface area contributed by atoms with Gasteiger partial charge in [-0.25, -0.2) is 8.42 Å². The lowest BCUT2D eigenvalue weighted by atomic mass is 9.85. The highest BCUT2D eigenvalue weighted by Gasteiger charge is 2.35. The van der Waals surface area contributed by atoms with Crippen LogP contribution >= 0.6 is 23.2 Å². The van der Waals surface area contributed by atoms with E-state index in [1.807, 2.05) is 14.1 Å². The van der Waals surface area contributed by atoms with Crippen molar-refractivity contribution in [3.63, 3.8) is 0 Å². The quantitative estimate of drug-likeness (QED) is 0.720. The number of ether oxygens (including phenoxy) is 1. The van der Waals surface area contributed by atoms with Crippen molar-refractivity contribution in [2.24, 2.45) is 0 Å². The molecule has 5 nitrogen and oxygen atoms in total. The molecule has 2 aromatic carbocycles. The van der Waals surface area contributed by atoms with Gasteiger partial charge in [0.1, 0.15) is 5.75 Å². The van der Waals surface area contributed by atoms with Gasteiger partial charge in [0, 0.05) is 17.7 Å². The van der Waals surface area contributed by atoms with E-state index in [9.17, 15) is 8.42 Å². The summed E-state index contributed by atoms with van der Waals surface area (Å²) in [4.78, 5) is 2.25. The maximum Gasteiger partial charge on any atom is 0.261 e. The van der Waals surface area contributed by atoms with Gasteiger partial charge < -0.3 is 9.64 Å². The number of hydrogen-bond donors (Lipinski definition) is 1. The van der Waals surface area contributed by atoms with Crippen LogP contribution in [0.25, 0.3) is 0 Å². The molecule has 3 rings (SSSR count). The average molecular weight is 429 g/mol. The van der Waals surface area contributed by atoms with Crippen LogP contribution in [0.5, 0.6) is 5.75 Å². The number of halogens is 2. The van der Waals surface area contributed by atoms with E-state index < -0.39 is 10.0 Å². The van der Waals surface area contributed by atoms with Gasteiger partial charge in [0.15, 0.2) is 0 Å². The van der Waals surface area contributed by atoms with Crippen molar-refractivity contribution in [2.75, 3.05) is 25.9 Å². The zero-order chi connectivity index (χ0) is 19.8. The fraction of sp³-hybridized carbons (Fsp3) is 0.368. The van der Waals surface area contributed by atoms with Crippen LogP contribution in [-0.2, 0) is 16.4 Å². The van der Waals surface area contributed by atoms with Gasteiger partial charge in [0.25, 0.3) is 10.0 Å². The SMILES string of the molecule is COc1cc(Cl)c(NS(=O)(=O)c2ccccc2)c2c1C(Cl)[C@@H](N(C)C)CC2. The first-order chi connectivity index (χ1) is 12.8. The lowest BCUT2D eigenvalue weighted by Gasteiger charge is -2.36. The van der Waals surface area contributed by atoms with Crippen molar-refractivity contribution in [2.45, 2.75) is 29.2 Å². The number of likely N-dealkylation sites (N-methyl/N-ethyl adjacent to an activating group) is 1. The summed E-state index contributed by atoms with van der Waals surface area (Å²) in [6.07, 6.45) is 1.43. The minimum atomic E-state index is -3.76. The van der Waals surface area contributed by atoms with Crippen molar-refractivity contribution in [1.82, 2.24) is 4.90 Å². The van der Waals surface area contributed by atoms with Crippen LogP contribution in [0.3, 0.4) is 0 Å². The van der Waals surface area contributed by atoms with Crippen molar-refractivity contribution >= 4 is 38.9 Å². The Morgan fingerprint density at radius 2 is 1.89 bits per heavy atom. The predicted octanol–water partition coefficient (Wildman–Crippen LogP) is 4.31. The molecule has 8 heteroatoms. The van der Waals surface area contributed by atoms with E-state index >= 15 is 0 Å². The number of fused-ring (bicyclic) bond motifs is 1. The van der Waals surface area contributed by atoms with Crippen LogP contribution in [0.4, 0.5) is 5.69 Å². The number of alkyl halides is 1. The highest BCUT2D eigenvalue weighted by Crippen LogP contribution is 2.47. The van der Waals surface area contributed by atoms with Crippen LogP contribution in [0.1, 0.15) is 22.9 Å². The van der Waals surface area contributed by atoms with E-state index in [1.54, 1.807) is 43.5 Å². The van der Waals surface area contributed by atoms with Crippen LogP contribution in [0.2, 0.25) is 5.02 Å². The molecule has 1 N–H and O–H groups in total. The highest BCUT2D eigenvalue weighted by molar-refractivity contribution is 7.92. The molecule has 1 aliphatic carbocycles. The number of methoxy groups -OCH3 is 1. The molecule has 0 heterocycles. The van der Waals surface area contributed by atoms with Crippen molar-refractivity contribution in [1.29, 1.82) is 0 Å². The molecule has 1 unspecified atom stereocenters. The second-order valence-electron chi connectivity index (χ2n) is 6.72. The lowest BCUT2D eigenvalue weighted by molar-refractivity contribution is 0.258. The Kier molecular flexibility index (Phi) is 5.91. The summed E-state index contributed by atoms with van der Waals surface area (Å²) < 4.78 is 33.8.